The van der Waals surface area contributed by atoms with Crippen molar-refractivity contribution in [3.8, 4) is 5.75 Å². The highest BCUT2D eigenvalue weighted by molar-refractivity contribution is 6.32. The Hall–Kier alpha value is -1.26. The van der Waals surface area contributed by atoms with Crippen LogP contribution in [0.15, 0.2) is 18.2 Å². The van der Waals surface area contributed by atoms with E-state index in [1.165, 1.54) is 0 Å². The average molecular weight is 271 g/mol. The minimum absolute atomic E-state index is 0.0432. The number of para-hydroxylation sites is 1. The smallest absolute Gasteiger partial charge is 0.236 e. The molecule has 1 amide bonds. The van der Waals surface area contributed by atoms with Crippen molar-refractivity contribution in [3.05, 3.63) is 28.8 Å². The highest BCUT2D eigenvalue weighted by atomic mass is 35.5. The molecule has 0 fully saturated rings. The van der Waals surface area contributed by atoms with Gasteiger partial charge in [0.2, 0.25) is 5.91 Å². The maximum Gasteiger partial charge on any atom is 0.236 e. The molecule has 18 heavy (non-hydrogen) atoms. The van der Waals surface area contributed by atoms with Crippen LogP contribution >= 0.6 is 11.6 Å². The van der Waals surface area contributed by atoms with Gasteiger partial charge in [-0.05, 0) is 19.4 Å². The van der Waals surface area contributed by atoms with Gasteiger partial charge >= 0.3 is 0 Å². The Morgan fingerprint density at radius 3 is 2.89 bits per heavy atom. The SMILES string of the molecule is CCCNC(=O)C(C)NCc1cccc(Cl)c1O. The normalized spacial score (nSPS) is 12.2. The third-order valence-electron chi connectivity index (χ3n) is 2.61. The van der Waals surface area contributed by atoms with Gasteiger partial charge in [0.25, 0.3) is 0 Å². The van der Waals surface area contributed by atoms with Gasteiger partial charge in [-0.3, -0.25) is 4.79 Å². The van der Waals surface area contributed by atoms with Gasteiger partial charge in [-0.15, -0.1) is 0 Å². The molecule has 100 valence electrons. The van der Waals surface area contributed by atoms with E-state index in [4.69, 9.17) is 11.6 Å². The van der Waals surface area contributed by atoms with E-state index in [1.807, 2.05) is 6.92 Å². The van der Waals surface area contributed by atoms with Crippen LogP contribution in [0.5, 0.6) is 5.75 Å². The van der Waals surface area contributed by atoms with Crippen molar-refractivity contribution in [2.24, 2.45) is 0 Å². The highest BCUT2D eigenvalue weighted by Crippen LogP contribution is 2.26. The molecule has 3 N–H and O–H groups in total. The van der Waals surface area contributed by atoms with E-state index in [2.05, 4.69) is 10.6 Å². The quantitative estimate of drug-likeness (QED) is 0.741. The summed E-state index contributed by atoms with van der Waals surface area (Å²) in [7, 11) is 0. The summed E-state index contributed by atoms with van der Waals surface area (Å²) >= 11 is 5.80. The van der Waals surface area contributed by atoms with Crippen LogP contribution in [-0.4, -0.2) is 23.6 Å². The Kier molecular flexibility index (Phi) is 5.95. The molecule has 1 unspecified atom stereocenters. The molecule has 1 rings (SSSR count). The van der Waals surface area contributed by atoms with E-state index >= 15 is 0 Å². The molecule has 4 nitrogen and oxygen atoms in total. The molecule has 0 saturated carbocycles. The molecule has 1 atom stereocenters. The third-order valence-corrected chi connectivity index (χ3v) is 2.92. The number of halogens is 1. The second-order valence-electron chi connectivity index (χ2n) is 4.14. The number of nitrogens with one attached hydrogen (secondary N) is 2. The molecule has 1 aromatic rings. The Labute approximate surface area is 112 Å². The van der Waals surface area contributed by atoms with Crippen molar-refractivity contribution in [1.29, 1.82) is 0 Å². The van der Waals surface area contributed by atoms with Crippen LogP contribution < -0.4 is 10.6 Å². The summed E-state index contributed by atoms with van der Waals surface area (Å²) in [4.78, 5) is 11.6. The van der Waals surface area contributed by atoms with Crippen LogP contribution in [0, 0.1) is 0 Å². The number of aromatic hydroxyl groups is 1. The monoisotopic (exact) mass is 270 g/mol. The molecule has 0 radical (unpaired) electrons. The van der Waals surface area contributed by atoms with E-state index in [0.717, 1.165) is 6.42 Å². The standard InChI is InChI=1S/C13H19ClN2O2/c1-3-7-15-13(18)9(2)16-8-10-5-4-6-11(14)12(10)17/h4-6,9,16-17H,3,7-8H2,1-2H3,(H,15,18). The minimum Gasteiger partial charge on any atom is -0.506 e. The van der Waals surface area contributed by atoms with Crippen LogP contribution in [0.25, 0.3) is 0 Å². The molecular weight excluding hydrogens is 252 g/mol. The molecule has 5 heteroatoms. The highest BCUT2D eigenvalue weighted by Gasteiger charge is 2.12. The first-order valence-corrected chi connectivity index (χ1v) is 6.41. The fourth-order valence-corrected chi connectivity index (χ4v) is 1.65. The van der Waals surface area contributed by atoms with Crippen molar-refractivity contribution in [1.82, 2.24) is 10.6 Å². The lowest BCUT2D eigenvalue weighted by Gasteiger charge is -2.14. The number of benzene rings is 1. The largest absolute Gasteiger partial charge is 0.506 e. The van der Waals surface area contributed by atoms with Gasteiger partial charge in [0.05, 0.1) is 11.1 Å². The Balaban J connectivity index is 2.49. The number of rotatable bonds is 6. The molecule has 0 aliphatic rings. The lowest BCUT2D eigenvalue weighted by molar-refractivity contribution is -0.122. The maximum atomic E-state index is 11.6. The molecular formula is C13H19ClN2O2. The van der Waals surface area contributed by atoms with Gasteiger partial charge in [-0.25, -0.2) is 0 Å². The molecule has 0 spiro atoms. The Morgan fingerprint density at radius 2 is 2.22 bits per heavy atom. The average Bonchev–Trinajstić information content (AvgIpc) is 2.37. The van der Waals surface area contributed by atoms with Gasteiger partial charge in [-0.2, -0.15) is 0 Å². The van der Waals surface area contributed by atoms with Crippen molar-refractivity contribution in [2.75, 3.05) is 6.54 Å². The minimum atomic E-state index is -0.310. The molecule has 0 heterocycles. The molecule has 0 saturated heterocycles. The third kappa shape index (κ3) is 4.20. The van der Waals surface area contributed by atoms with E-state index < -0.39 is 0 Å². The zero-order chi connectivity index (χ0) is 13.5. The van der Waals surface area contributed by atoms with Gasteiger partial charge in [-0.1, -0.05) is 30.7 Å². The number of phenolic OH excluding ortho intramolecular Hbond substituents is 1. The van der Waals surface area contributed by atoms with Crippen LogP contribution in [0.3, 0.4) is 0 Å². The molecule has 0 bridgehead atoms. The van der Waals surface area contributed by atoms with Gasteiger partial charge in [0, 0.05) is 18.7 Å². The molecule has 1 aromatic carbocycles. The number of carbonyl (C=O) groups excluding carboxylic acids is 1. The summed E-state index contributed by atoms with van der Waals surface area (Å²) in [5.74, 6) is 0.0196. The predicted molar refractivity (Wildman–Crippen MR) is 72.7 cm³/mol. The predicted octanol–water partition coefficient (Wildman–Crippen LogP) is 2.05. The summed E-state index contributed by atoms with van der Waals surface area (Å²) in [5, 5.41) is 15.9. The fraction of sp³-hybridized carbons (Fsp3) is 0.462. The van der Waals surface area contributed by atoms with E-state index in [9.17, 15) is 9.90 Å². The van der Waals surface area contributed by atoms with Crippen molar-refractivity contribution in [3.63, 3.8) is 0 Å². The van der Waals surface area contributed by atoms with E-state index in [1.54, 1.807) is 25.1 Å². The molecule has 0 aliphatic heterocycles. The molecule has 0 aliphatic carbocycles. The lowest BCUT2D eigenvalue weighted by Crippen LogP contribution is -2.42. The lowest BCUT2D eigenvalue weighted by atomic mass is 10.2. The van der Waals surface area contributed by atoms with Crippen LogP contribution in [0.4, 0.5) is 0 Å². The van der Waals surface area contributed by atoms with Crippen molar-refractivity contribution < 1.29 is 9.90 Å². The fourth-order valence-electron chi connectivity index (χ4n) is 1.46. The second kappa shape index (κ2) is 7.24. The first-order valence-electron chi connectivity index (χ1n) is 6.03. The summed E-state index contributed by atoms with van der Waals surface area (Å²) < 4.78 is 0. The summed E-state index contributed by atoms with van der Waals surface area (Å²) in [6.45, 7) is 4.86. The van der Waals surface area contributed by atoms with Crippen LogP contribution in [0.2, 0.25) is 5.02 Å². The zero-order valence-electron chi connectivity index (χ0n) is 10.7. The summed E-state index contributed by atoms with van der Waals surface area (Å²) in [6, 6.07) is 4.85. The van der Waals surface area contributed by atoms with Crippen LogP contribution in [-0.2, 0) is 11.3 Å². The Bertz CT molecular complexity index is 410. The van der Waals surface area contributed by atoms with Gasteiger partial charge < -0.3 is 15.7 Å². The topological polar surface area (TPSA) is 61.4 Å². The van der Waals surface area contributed by atoms with Crippen molar-refractivity contribution >= 4 is 17.5 Å². The number of carbonyl (C=O) groups is 1. The number of phenols is 1. The Morgan fingerprint density at radius 1 is 1.50 bits per heavy atom. The number of hydrogen-bond acceptors (Lipinski definition) is 3. The van der Waals surface area contributed by atoms with Gasteiger partial charge in [0.1, 0.15) is 5.75 Å². The summed E-state index contributed by atoms with van der Waals surface area (Å²) in [6.07, 6.45) is 0.910. The second-order valence-corrected chi connectivity index (χ2v) is 4.55. The zero-order valence-corrected chi connectivity index (χ0v) is 11.4. The summed E-state index contributed by atoms with van der Waals surface area (Å²) in [5.41, 5.74) is 0.678. The van der Waals surface area contributed by atoms with Crippen LogP contribution in [0.1, 0.15) is 25.8 Å². The van der Waals surface area contributed by atoms with Gasteiger partial charge in [0.15, 0.2) is 0 Å². The number of amides is 1. The number of hydrogen-bond donors (Lipinski definition) is 3. The van der Waals surface area contributed by atoms with Crippen molar-refractivity contribution in [2.45, 2.75) is 32.9 Å². The van der Waals surface area contributed by atoms with E-state index in [0.29, 0.717) is 23.7 Å². The first-order chi connectivity index (χ1) is 8.56. The van der Waals surface area contributed by atoms with E-state index in [-0.39, 0.29) is 17.7 Å². The maximum absolute atomic E-state index is 11.6. The first kappa shape index (κ1) is 14.8. The molecule has 0 aromatic heterocycles.